The van der Waals surface area contributed by atoms with Gasteiger partial charge >= 0.3 is 6.09 Å². The van der Waals surface area contributed by atoms with Gasteiger partial charge in [0.1, 0.15) is 11.7 Å². The van der Waals surface area contributed by atoms with Crippen molar-refractivity contribution in [3.63, 3.8) is 0 Å². The van der Waals surface area contributed by atoms with Crippen molar-refractivity contribution in [1.82, 2.24) is 20.0 Å². The molecular weight excluding hydrogens is 556 g/mol. The van der Waals surface area contributed by atoms with E-state index < -0.39 is 13.9 Å². The SMILES string of the molecule is CN(CCN(C)C(=O)OC(C)(C)C)Cc1cn[nH]c1C1OCCCC1C1=CCC(O[Si](C)(C)C(C)(C)C)C2(CCCC2)C1. The Balaban J connectivity index is 1.46. The molecule has 2 aliphatic carbocycles. The molecule has 1 N–H and O–H groups in total. The van der Waals surface area contributed by atoms with Crippen LogP contribution < -0.4 is 0 Å². The molecule has 3 aliphatic rings. The van der Waals surface area contributed by atoms with Gasteiger partial charge < -0.3 is 23.7 Å². The standard InChI is InChI=1S/C34H60N4O4Si/c1-32(2,3)41-31(39)38(8)20-19-37(7)24-26-23-35-36-29(26)30-27(14-13-21-40-30)25-15-16-28(34(22-25)17-11-12-18-34)42-43(9,10)33(4,5)6/h15,23,27-28,30H,11-14,16-22,24H2,1-10H3,(H,35,36). The third-order valence-electron chi connectivity index (χ3n) is 10.5. The third-order valence-corrected chi connectivity index (χ3v) is 15.0. The van der Waals surface area contributed by atoms with Gasteiger partial charge in [-0.3, -0.25) is 5.10 Å². The minimum Gasteiger partial charge on any atom is -0.444 e. The van der Waals surface area contributed by atoms with Crippen LogP contribution in [0.5, 0.6) is 0 Å². The molecule has 9 heteroatoms. The van der Waals surface area contributed by atoms with Crippen molar-refractivity contribution in [2.45, 2.75) is 135 Å². The van der Waals surface area contributed by atoms with Crippen molar-refractivity contribution in [2.24, 2.45) is 11.3 Å². The first-order chi connectivity index (χ1) is 20.0. The van der Waals surface area contributed by atoms with Crippen molar-refractivity contribution in [3.8, 4) is 0 Å². The first-order valence-corrected chi connectivity index (χ1v) is 19.6. The zero-order chi connectivity index (χ0) is 31.6. The number of carbonyl (C=O) groups excluding carboxylic acids is 1. The average molecular weight is 617 g/mol. The van der Waals surface area contributed by atoms with Crippen LogP contribution in [0.2, 0.25) is 18.1 Å². The predicted octanol–water partition coefficient (Wildman–Crippen LogP) is 7.85. The molecule has 2 heterocycles. The van der Waals surface area contributed by atoms with Gasteiger partial charge in [0.05, 0.1) is 18.0 Å². The van der Waals surface area contributed by atoms with Crippen molar-refractivity contribution < 1.29 is 18.7 Å². The van der Waals surface area contributed by atoms with E-state index in [4.69, 9.17) is 13.9 Å². The number of hydrogen-bond donors (Lipinski definition) is 1. The topological polar surface area (TPSA) is 79.9 Å². The Morgan fingerprint density at radius 2 is 1.81 bits per heavy atom. The van der Waals surface area contributed by atoms with Crippen LogP contribution in [0.3, 0.4) is 0 Å². The van der Waals surface area contributed by atoms with Gasteiger partial charge in [0.25, 0.3) is 0 Å². The average Bonchev–Trinajstić information content (AvgIpc) is 3.57. The van der Waals surface area contributed by atoms with E-state index in [1.807, 2.05) is 27.0 Å². The van der Waals surface area contributed by atoms with Crippen molar-refractivity contribution in [1.29, 1.82) is 0 Å². The molecule has 1 saturated carbocycles. The summed E-state index contributed by atoms with van der Waals surface area (Å²) in [6.45, 7) is 20.4. The van der Waals surface area contributed by atoms with Crippen molar-refractivity contribution in [3.05, 3.63) is 29.1 Å². The second-order valence-corrected chi connectivity index (χ2v) is 20.9. The first-order valence-electron chi connectivity index (χ1n) is 16.6. The highest BCUT2D eigenvalue weighted by Crippen LogP contribution is 2.55. The zero-order valence-electron chi connectivity index (χ0n) is 28.8. The maximum atomic E-state index is 12.4. The molecular formula is C34H60N4O4Si. The minimum absolute atomic E-state index is 0.00773. The Morgan fingerprint density at radius 3 is 2.47 bits per heavy atom. The van der Waals surface area contributed by atoms with Crippen LogP contribution in [0.1, 0.15) is 110 Å². The van der Waals surface area contributed by atoms with Crippen LogP contribution in [0.4, 0.5) is 4.79 Å². The molecule has 244 valence electrons. The Labute approximate surface area is 262 Å². The molecule has 0 bridgehead atoms. The maximum absolute atomic E-state index is 12.4. The highest BCUT2D eigenvalue weighted by Gasteiger charge is 2.50. The van der Waals surface area contributed by atoms with E-state index in [2.05, 4.69) is 62.1 Å². The van der Waals surface area contributed by atoms with E-state index in [9.17, 15) is 4.79 Å². The van der Waals surface area contributed by atoms with Crippen LogP contribution in [0.15, 0.2) is 17.8 Å². The van der Waals surface area contributed by atoms with Crippen molar-refractivity contribution >= 4 is 14.4 Å². The van der Waals surface area contributed by atoms with E-state index in [1.165, 1.54) is 31.2 Å². The fraction of sp³-hybridized carbons (Fsp3) is 0.824. The molecule has 1 aromatic heterocycles. The van der Waals surface area contributed by atoms with Gasteiger partial charge in [0, 0.05) is 44.8 Å². The number of hydrogen-bond acceptors (Lipinski definition) is 6. The molecule has 1 aromatic rings. The molecule has 1 amide bonds. The number of H-pyrrole nitrogens is 1. The largest absolute Gasteiger partial charge is 0.444 e. The zero-order valence-corrected chi connectivity index (χ0v) is 29.8. The Kier molecular flexibility index (Phi) is 10.6. The van der Waals surface area contributed by atoms with Gasteiger partial charge in [-0.25, -0.2) is 4.79 Å². The molecule has 3 atom stereocenters. The first kappa shape index (κ1) is 34.2. The van der Waals surface area contributed by atoms with Crippen LogP contribution in [-0.4, -0.2) is 79.9 Å². The van der Waals surface area contributed by atoms with Gasteiger partial charge in [-0.2, -0.15) is 5.10 Å². The lowest BCUT2D eigenvalue weighted by molar-refractivity contribution is -0.0286. The molecule has 1 spiro atoms. The van der Waals surface area contributed by atoms with E-state index >= 15 is 0 Å². The number of nitrogens with one attached hydrogen (secondary N) is 1. The Bertz CT molecular complexity index is 1110. The number of carbonyl (C=O) groups is 1. The summed E-state index contributed by atoms with van der Waals surface area (Å²) in [6, 6.07) is 0. The summed E-state index contributed by atoms with van der Waals surface area (Å²) in [5.74, 6) is 0.364. The summed E-state index contributed by atoms with van der Waals surface area (Å²) in [5.41, 5.74) is 3.63. The number of aromatic nitrogens is 2. The summed E-state index contributed by atoms with van der Waals surface area (Å²) in [6.07, 6.45) is 14.1. The number of rotatable bonds is 9. The normalized spacial score (nSPS) is 24.8. The molecule has 1 saturated heterocycles. The van der Waals surface area contributed by atoms with Crippen LogP contribution in [0, 0.1) is 11.3 Å². The van der Waals surface area contributed by atoms with Crippen LogP contribution >= 0.6 is 0 Å². The molecule has 4 rings (SSSR count). The number of likely N-dealkylation sites (N-methyl/N-ethyl adjacent to an activating group) is 2. The number of amides is 1. The number of aromatic amines is 1. The van der Waals surface area contributed by atoms with Gasteiger partial charge in [-0.1, -0.05) is 45.3 Å². The van der Waals surface area contributed by atoms with E-state index in [0.29, 0.717) is 18.6 Å². The van der Waals surface area contributed by atoms with Gasteiger partial charge in [0.15, 0.2) is 8.32 Å². The Morgan fingerprint density at radius 1 is 1.12 bits per heavy atom. The Hall–Kier alpha value is -1.68. The summed E-state index contributed by atoms with van der Waals surface area (Å²) >= 11 is 0. The third kappa shape index (κ3) is 8.33. The van der Waals surface area contributed by atoms with E-state index in [1.54, 1.807) is 17.5 Å². The molecule has 43 heavy (non-hydrogen) atoms. The fourth-order valence-electron chi connectivity index (χ4n) is 6.93. The highest BCUT2D eigenvalue weighted by atomic mass is 28.4. The molecule has 3 unspecified atom stereocenters. The van der Waals surface area contributed by atoms with Crippen molar-refractivity contribution in [2.75, 3.05) is 33.8 Å². The second-order valence-electron chi connectivity index (χ2n) is 16.1. The quantitative estimate of drug-likeness (QED) is 0.225. The lowest BCUT2D eigenvalue weighted by Gasteiger charge is -2.49. The molecule has 8 nitrogen and oxygen atoms in total. The van der Waals surface area contributed by atoms with Crippen LogP contribution in [-0.2, 0) is 20.4 Å². The molecule has 0 aromatic carbocycles. The van der Waals surface area contributed by atoms with Gasteiger partial charge in [0.2, 0.25) is 0 Å². The lowest BCUT2D eigenvalue weighted by atomic mass is 9.66. The van der Waals surface area contributed by atoms with Gasteiger partial charge in [-0.05, 0) is 89.9 Å². The smallest absolute Gasteiger partial charge is 0.410 e. The number of ether oxygens (including phenoxy) is 2. The highest BCUT2D eigenvalue weighted by molar-refractivity contribution is 6.74. The summed E-state index contributed by atoms with van der Waals surface area (Å²) < 4.78 is 19.2. The summed E-state index contributed by atoms with van der Waals surface area (Å²) in [5, 5.41) is 8.05. The monoisotopic (exact) mass is 616 g/mol. The molecule has 1 aliphatic heterocycles. The maximum Gasteiger partial charge on any atom is 0.410 e. The van der Waals surface area contributed by atoms with E-state index in [-0.39, 0.29) is 22.7 Å². The summed E-state index contributed by atoms with van der Waals surface area (Å²) in [7, 11) is 2.03. The van der Waals surface area contributed by atoms with Crippen LogP contribution in [0.25, 0.3) is 0 Å². The van der Waals surface area contributed by atoms with Gasteiger partial charge in [-0.15, -0.1) is 0 Å². The predicted molar refractivity (Wildman–Crippen MR) is 175 cm³/mol. The van der Waals surface area contributed by atoms with E-state index in [0.717, 1.165) is 51.1 Å². The summed E-state index contributed by atoms with van der Waals surface area (Å²) in [4.78, 5) is 16.3. The number of nitrogens with zero attached hydrogens (tertiary/aromatic N) is 3. The fourth-order valence-corrected chi connectivity index (χ4v) is 8.34. The molecule has 0 radical (unpaired) electrons. The second kappa shape index (κ2) is 13.4. The lowest BCUT2D eigenvalue weighted by Crippen LogP contribution is -2.50. The molecule has 2 fully saturated rings. The minimum atomic E-state index is -1.86.